The second-order valence-electron chi connectivity index (χ2n) is 7.00. The minimum atomic E-state index is -0.770. The summed E-state index contributed by atoms with van der Waals surface area (Å²) in [6.07, 6.45) is 1.62. The highest BCUT2D eigenvalue weighted by atomic mass is 32.2. The van der Waals surface area contributed by atoms with E-state index in [2.05, 4.69) is 10.3 Å². The number of nitrogens with zero attached hydrogens (tertiary/aromatic N) is 3. The predicted molar refractivity (Wildman–Crippen MR) is 130 cm³/mol. The summed E-state index contributed by atoms with van der Waals surface area (Å²) in [6, 6.07) is 17.0. The fraction of sp³-hybridized carbons (Fsp3) is 0.0435. The van der Waals surface area contributed by atoms with Crippen LogP contribution in [0.5, 0.6) is 17.2 Å². The van der Waals surface area contributed by atoms with Crippen LogP contribution in [0.1, 0.15) is 5.56 Å². The number of ether oxygens (including phenoxy) is 2. The van der Waals surface area contributed by atoms with Crippen LogP contribution in [0.3, 0.4) is 0 Å². The van der Waals surface area contributed by atoms with Crippen molar-refractivity contribution in [3.05, 3.63) is 97.4 Å². The molecule has 0 atom stereocenters. The fourth-order valence-electron chi connectivity index (χ4n) is 3.08. The Morgan fingerprint density at radius 1 is 0.943 bits per heavy atom. The number of amidine groups is 1. The number of carbonyl (C=O) groups is 1. The molecule has 0 spiro atoms. The zero-order valence-corrected chi connectivity index (χ0v) is 18.9. The number of para-hydroxylation sites is 1. The van der Waals surface area contributed by atoms with Gasteiger partial charge in [0.25, 0.3) is 11.6 Å². The van der Waals surface area contributed by atoms with E-state index < -0.39 is 21.2 Å². The lowest BCUT2D eigenvalue weighted by Gasteiger charge is -2.11. The summed E-state index contributed by atoms with van der Waals surface area (Å²) in [6.45, 7) is 0. The van der Waals surface area contributed by atoms with E-state index in [0.717, 1.165) is 30.0 Å². The Hall–Kier alpha value is -4.71. The van der Waals surface area contributed by atoms with E-state index in [-0.39, 0.29) is 23.2 Å². The molecule has 0 aromatic heterocycles. The van der Waals surface area contributed by atoms with Crippen LogP contribution in [0.15, 0.2) is 76.6 Å². The fourth-order valence-corrected chi connectivity index (χ4v) is 3.92. The molecule has 1 saturated heterocycles. The molecule has 12 heteroatoms. The highest BCUT2D eigenvalue weighted by molar-refractivity contribution is 8.18. The number of non-ortho nitro benzene ring substituents is 1. The third-order valence-corrected chi connectivity index (χ3v) is 5.60. The van der Waals surface area contributed by atoms with Crippen LogP contribution in [0, 0.1) is 20.2 Å². The van der Waals surface area contributed by atoms with Crippen molar-refractivity contribution in [2.75, 3.05) is 7.11 Å². The molecule has 1 heterocycles. The van der Waals surface area contributed by atoms with Crippen LogP contribution in [0.2, 0.25) is 0 Å². The number of rotatable bonds is 7. The zero-order chi connectivity index (χ0) is 24.9. The van der Waals surface area contributed by atoms with E-state index in [9.17, 15) is 25.0 Å². The van der Waals surface area contributed by atoms with E-state index in [4.69, 9.17) is 9.47 Å². The van der Waals surface area contributed by atoms with Gasteiger partial charge in [-0.25, -0.2) is 4.99 Å². The molecule has 0 aliphatic carbocycles. The van der Waals surface area contributed by atoms with Gasteiger partial charge in [-0.15, -0.1) is 0 Å². The SMILES string of the molecule is COc1ccc(C=C2SC(=Nc3ccccc3)NC2=O)cc1Oc1ccc([N+](=O)[O-])cc1[N+](=O)[O-]. The van der Waals surface area contributed by atoms with Gasteiger partial charge >= 0.3 is 5.69 Å². The Morgan fingerprint density at radius 2 is 1.69 bits per heavy atom. The standard InChI is InChI=1S/C23H16N4O7S/c1-33-19-9-7-14(12-21-22(28)25-23(35-21)24-15-5-3-2-4-6-15)11-20(19)34-18-10-8-16(26(29)30)13-17(18)27(31)32/h2-13H,1H3,(H,24,25,28). The lowest BCUT2D eigenvalue weighted by Crippen LogP contribution is -2.19. The molecule has 4 rings (SSSR count). The lowest BCUT2D eigenvalue weighted by molar-refractivity contribution is -0.394. The highest BCUT2D eigenvalue weighted by Gasteiger charge is 2.25. The maximum Gasteiger partial charge on any atom is 0.318 e. The quantitative estimate of drug-likeness (QED) is 0.269. The van der Waals surface area contributed by atoms with Gasteiger partial charge in [0, 0.05) is 6.07 Å². The number of thioether (sulfide) groups is 1. The normalized spacial score (nSPS) is 15.2. The van der Waals surface area contributed by atoms with E-state index >= 15 is 0 Å². The van der Waals surface area contributed by atoms with Gasteiger partial charge in [0.2, 0.25) is 5.75 Å². The second-order valence-corrected chi connectivity index (χ2v) is 8.03. The van der Waals surface area contributed by atoms with E-state index in [0.29, 0.717) is 21.3 Å². The molecule has 1 aliphatic rings. The summed E-state index contributed by atoms with van der Waals surface area (Å²) in [5.41, 5.74) is 0.245. The largest absolute Gasteiger partial charge is 0.493 e. The number of benzene rings is 3. The van der Waals surface area contributed by atoms with Crippen molar-refractivity contribution in [1.29, 1.82) is 0 Å². The molecule has 11 nitrogen and oxygen atoms in total. The molecule has 1 aliphatic heterocycles. The first kappa shape index (κ1) is 23.4. The summed E-state index contributed by atoms with van der Waals surface area (Å²) in [4.78, 5) is 38.1. The van der Waals surface area contributed by atoms with Crippen molar-refractivity contribution in [1.82, 2.24) is 5.32 Å². The molecule has 35 heavy (non-hydrogen) atoms. The van der Waals surface area contributed by atoms with Crippen molar-refractivity contribution in [3.8, 4) is 17.2 Å². The number of amides is 1. The van der Waals surface area contributed by atoms with Crippen molar-refractivity contribution in [3.63, 3.8) is 0 Å². The van der Waals surface area contributed by atoms with Gasteiger partial charge in [-0.2, -0.15) is 0 Å². The third-order valence-electron chi connectivity index (χ3n) is 4.69. The number of aliphatic imine (C=N–C) groups is 1. The van der Waals surface area contributed by atoms with Gasteiger partial charge in [0.05, 0.1) is 33.6 Å². The predicted octanol–water partition coefficient (Wildman–Crippen LogP) is 5.20. The second kappa shape index (κ2) is 10.1. The van der Waals surface area contributed by atoms with Crippen LogP contribution >= 0.6 is 11.8 Å². The maximum absolute atomic E-state index is 12.4. The Kier molecular flexibility index (Phi) is 6.73. The maximum atomic E-state index is 12.4. The molecule has 1 N–H and O–H groups in total. The highest BCUT2D eigenvalue weighted by Crippen LogP contribution is 2.39. The Balaban J connectivity index is 1.63. The minimum Gasteiger partial charge on any atom is -0.493 e. The topological polar surface area (TPSA) is 146 Å². The molecule has 0 unspecified atom stereocenters. The first-order valence-electron chi connectivity index (χ1n) is 9.97. The average molecular weight is 492 g/mol. The number of hydrogen-bond donors (Lipinski definition) is 1. The number of nitro benzene ring substituents is 2. The molecular formula is C23H16N4O7S. The summed E-state index contributed by atoms with van der Waals surface area (Å²) < 4.78 is 11.0. The number of nitrogens with one attached hydrogen (secondary N) is 1. The van der Waals surface area contributed by atoms with Gasteiger partial charge in [0.15, 0.2) is 16.7 Å². The molecule has 0 bridgehead atoms. The third kappa shape index (κ3) is 5.45. The summed E-state index contributed by atoms with van der Waals surface area (Å²) in [5, 5.41) is 25.6. The number of nitro groups is 2. The van der Waals surface area contributed by atoms with Gasteiger partial charge in [0.1, 0.15) is 0 Å². The van der Waals surface area contributed by atoms with Crippen molar-refractivity contribution in [2.24, 2.45) is 4.99 Å². The molecule has 0 saturated carbocycles. The molecular weight excluding hydrogens is 476 g/mol. The molecule has 3 aromatic carbocycles. The summed E-state index contributed by atoms with van der Waals surface area (Å²) >= 11 is 1.16. The smallest absolute Gasteiger partial charge is 0.318 e. The Bertz CT molecular complexity index is 1390. The van der Waals surface area contributed by atoms with Crippen LogP contribution in [-0.4, -0.2) is 28.0 Å². The van der Waals surface area contributed by atoms with Crippen molar-refractivity contribution in [2.45, 2.75) is 0 Å². The van der Waals surface area contributed by atoms with Gasteiger partial charge in [-0.3, -0.25) is 25.0 Å². The minimum absolute atomic E-state index is 0.125. The van der Waals surface area contributed by atoms with Crippen LogP contribution in [-0.2, 0) is 4.79 Å². The van der Waals surface area contributed by atoms with Gasteiger partial charge in [-0.05, 0) is 53.7 Å². The molecule has 176 valence electrons. The van der Waals surface area contributed by atoms with Gasteiger partial charge < -0.3 is 14.8 Å². The van der Waals surface area contributed by atoms with E-state index in [1.165, 1.54) is 13.2 Å². The van der Waals surface area contributed by atoms with E-state index in [1.54, 1.807) is 18.2 Å². The molecule has 1 amide bonds. The summed E-state index contributed by atoms with van der Waals surface area (Å²) in [5.74, 6) is -0.127. The Labute approximate surface area is 202 Å². The van der Waals surface area contributed by atoms with E-state index in [1.807, 2.05) is 30.3 Å². The van der Waals surface area contributed by atoms with Crippen molar-refractivity contribution >= 4 is 46.0 Å². The monoisotopic (exact) mass is 492 g/mol. The van der Waals surface area contributed by atoms with Crippen LogP contribution < -0.4 is 14.8 Å². The van der Waals surface area contributed by atoms with Crippen LogP contribution in [0.4, 0.5) is 17.1 Å². The lowest BCUT2D eigenvalue weighted by atomic mass is 10.2. The first-order valence-corrected chi connectivity index (χ1v) is 10.8. The zero-order valence-electron chi connectivity index (χ0n) is 18.0. The molecule has 0 radical (unpaired) electrons. The summed E-state index contributed by atoms with van der Waals surface area (Å²) in [7, 11) is 1.40. The number of carbonyl (C=O) groups excluding carboxylic acids is 1. The van der Waals surface area contributed by atoms with Crippen molar-refractivity contribution < 1.29 is 24.1 Å². The van der Waals surface area contributed by atoms with Crippen LogP contribution in [0.25, 0.3) is 6.08 Å². The Morgan fingerprint density at radius 3 is 2.37 bits per heavy atom. The first-order chi connectivity index (χ1) is 16.8. The van der Waals surface area contributed by atoms with Gasteiger partial charge in [-0.1, -0.05) is 24.3 Å². The average Bonchev–Trinajstić information content (AvgIpc) is 3.18. The molecule has 1 fully saturated rings. The number of methoxy groups -OCH3 is 1. The number of hydrogen-bond acceptors (Lipinski definition) is 9. The molecule has 3 aromatic rings.